The number of halogens is 1. The smallest absolute Gasteiger partial charge is 0.265 e. The minimum atomic E-state index is -0.309. The molecule has 6 heteroatoms. The van der Waals surface area contributed by atoms with Crippen LogP contribution in [-0.2, 0) is 0 Å². The van der Waals surface area contributed by atoms with E-state index in [0.29, 0.717) is 39.6 Å². The summed E-state index contributed by atoms with van der Waals surface area (Å²) in [6, 6.07) is 14.7. The van der Waals surface area contributed by atoms with Gasteiger partial charge in [-0.1, -0.05) is 48.9 Å². The number of hydrogen-bond acceptors (Lipinski definition) is 4. The van der Waals surface area contributed by atoms with Crippen molar-refractivity contribution in [1.82, 2.24) is 9.47 Å². The summed E-state index contributed by atoms with van der Waals surface area (Å²) in [7, 11) is 0. The van der Waals surface area contributed by atoms with E-state index in [9.17, 15) is 9.90 Å². The van der Waals surface area contributed by atoms with Crippen molar-refractivity contribution in [3.63, 3.8) is 0 Å². The van der Waals surface area contributed by atoms with E-state index < -0.39 is 0 Å². The monoisotopic (exact) mass is 409 g/mol. The summed E-state index contributed by atoms with van der Waals surface area (Å²) in [5.74, 6) is -0.149. The normalized spacial score (nSPS) is 17.5. The lowest BCUT2D eigenvalue weighted by Crippen LogP contribution is -2.31. The highest BCUT2D eigenvalue weighted by molar-refractivity contribution is 6.32. The van der Waals surface area contributed by atoms with Gasteiger partial charge in [-0.3, -0.25) is 14.7 Å². The van der Waals surface area contributed by atoms with Crippen LogP contribution in [0.3, 0.4) is 0 Å². The highest BCUT2D eigenvalue weighted by atomic mass is 35.5. The Hall–Kier alpha value is -2.63. The molecule has 29 heavy (non-hydrogen) atoms. The van der Waals surface area contributed by atoms with E-state index in [-0.39, 0.29) is 11.4 Å². The average Bonchev–Trinajstić information content (AvgIpc) is 3.19. The van der Waals surface area contributed by atoms with Crippen LogP contribution >= 0.6 is 11.6 Å². The number of fused-ring (bicyclic) bond motifs is 1. The fourth-order valence-electron chi connectivity index (χ4n) is 4.13. The van der Waals surface area contributed by atoms with Crippen LogP contribution in [0.15, 0.2) is 58.3 Å². The van der Waals surface area contributed by atoms with Crippen molar-refractivity contribution in [2.24, 2.45) is 4.99 Å². The van der Waals surface area contributed by atoms with Crippen molar-refractivity contribution in [2.45, 2.75) is 25.8 Å². The zero-order valence-corrected chi connectivity index (χ0v) is 17.1. The number of aromatic hydroxyl groups is 1. The quantitative estimate of drug-likeness (QED) is 0.641. The van der Waals surface area contributed by atoms with Gasteiger partial charge in [0.1, 0.15) is 0 Å². The first-order valence-electron chi connectivity index (χ1n) is 9.97. The number of likely N-dealkylation sites (tertiary alicyclic amines) is 1. The molecule has 1 aliphatic heterocycles. The number of nitrogens with zero attached hydrogens (tertiary/aromatic N) is 3. The number of aliphatic imine (C=N–C) groups is 1. The molecule has 150 valence electrons. The van der Waals surface area contributed by atoms with Crippen LogP contribution in [0.1, 0.15) is 25.3 Å². The van der Waals surface area contributed by atoms with Gasteiger partial charge in [0.15, 0.2) is 0 Å². The van der Waals surface area contributed by atoms with Crippen LogP contribution in [-0.4, -0.2) is 46.5 Å². The molecule has 0 spiro atoms. The molecular weight excluding hydrogens is 386 g/mol. The molecule has 1 atom stereocenters. The topological polar surface area (TPSA) is 57.8 Å². The van der Waals surface area contributed by atoms with Gasteiger partial charge in [0.25, 0.3) is 5.56 Å². The van der Waals surface area contributed by atoms with E-state index in [1.165, 1.54) is 11.0 Å². The predicted octanol–water partition coefficient (Wildman–Crippen LogP) is 4.25. The Morgan fingerprint density at radius 1 is 1.17 bits per heavy atom. The summed E-state index contributed by atoms with van der Waals surface area (Å²) in [6.07, 6.45) is 4.02. The lowest BCUT2D eigenvalue weighted by molar-refractivity contribution is 0.273. The van der Waals surface area contributed by atoms with Crippen LogP contribution in [0.25, 0.3) is 16.5 Å². The molecule has 1 N–H and O–H groups in total. The molecule has 4 rings (SSSR count). The molecule has 0 bridgehead atoms. The Bertz CT molecular complexity index is 1120. The molecule has 5 nitrogen and oxygen atoms in total. The number of hydrogen-bond donors (Lipinski definition) is 1. The highest BCUT2D eigenvalue weighted by Gasteiger charge is 2.22. The van der Waals surface area contributed by atoms with Crippen LogP contribution in [0.2, 0.25) is 5.02 Å². The number of para-hydroxylation sites is 1. The Morgan fingerprint density at radius 3 is 2.66 bits per heavy atom. The first kappa shape index (κ1) is 19.7. The largest absolute Gasteiger partial charge is 0.494 e. The molecule has 2 heterocycles. The van der Waals surface area contributed by atoms with Crippen LogP contribution in [0, 0.1) is 0 Å². The first-order chi connectivity index (χ1) is 14.1. The number of benzene rings is 2. The molecule has 0 aliphatic carbocycles. The molecule has 1 fully saturated rings. The Morgan fingerprint density at radius 2 is 1.90 bits per heavy atom. The van der Waals surface area contributed by atoms with Crippen molar-refractivity contribution < 1.29 is 5.11 Å². The van der Waals surface area contributed by atoms with Crippen molar-refractivity contribution in [2.75, 3.05) is 19.6 Å². The van der Waals surface area contributed by atoms with Gasteiger partial charge in [-0.15, -0.1) is 0 Å². The molecule has 0 amide bonds. The van der Waals surface area contributed by atoms with Gasteiger partial charge in [0, 0.05) is 23.0 Å². The van der Waals surface area contributed by atoms with E-state index in [2.05, 4.69) is 16.8 Å². The SMILES string of the molecule is CCN1CCC[C@@H]1CN=Cc1c(O)n(-c2ccccc2Cl)c(=O)c2ccccc12. The van der Waals surface area contributed by atoms with E-state index in [1.807, 2.05) is 18.2 Å². The van der Waals surface area contributed by atoms with Gasteiger partial charge in [0.05, 0.1) is 22.8 Å². The molecular formula is C23H24ClN3O2. The minimum Gasteiger partial charge on any atom is -0.494 e. The van der Waals surface area contributed by atoms with Gasteiger partial charge >= 0.3 is 0 Å². The van der Waals surface area contributed by atoms with Gasteiger partial charge in [0.2, 0.25) is 5.88 Å². The van der Waals surface area contributed by atoms with Crippen LogP contribution in [0.4, 0.5) is 0 Å². The standard InChI is InChI=1S/C23H24ClN3O2/c1-2-26-13-7-8-16(26)14-25-15-19-17-9-3-4-10-18(17)22(28)27(23(19)29)21-12-6-5-11-20(21)24/h3-6,9-12,15-16,29H,2,7-8,13-14H2,1H3/t16-/m1/s1. The fourth-order valence-corrected chi connectivity index (χ4v) is 4.35. The third kappa shape index (κ3) is 3.68. The molecule has 1 aliphatic rings. The third-order valence-electron chi connectivity index (χ3n) is 5.64. The number of aromatic nitrogens is 1. The lowest BCUT2D eigenvalue weighted by Gasteiger charge is -2.20. The Labute approximate surface area is 174 Å². The maximum Gasteiger partial charge on any atom is 0.265 e. The fraction of sp³-hybridized carbons (Fsp3) is 0.304. The minimum absolute atomic E-state index is 0.149. The van der Waals surface area contributed by atoms with Gasteiger partial charge in [-0.2, -0.15) is 0 Å². The van der Waals surface area contributed by atoms with E-state index in [1.54, 1.807) is 36.5 Å². The first-order valence-corrected chi connectivity index (χ1v) is 10.3. The van der Waals surface area contributed by atoms with Gasteiger partial charge in [-0.05, 0) is 44.1 Å². The molecule has 0 unspecified atom stereocenters. The van der Waals surface area contributed by atoms with E-state index in [0.717, 1.165) is 19.5 Å². The second kappa shape index (κ2) is 8.39. The van der Waals surface area contributed by atoms with E-state index in [4.69, 9.17) is 11.6 Å². The third-order valence-corrected chi connectivity index (χ3v) is 5.96. The summed E-state index contributed by atoms with van der Waals surface area (Å²) in [5, 5.41) is 12.6. The summed E-state index contributed by atoms with van der Waals surface area (Å²) in [5.41, 5.74) is 0.669. The van der Waals surface area contributed by atoms with Gasteiger partial charge in [-0.25, -0.2) is 4.57 Å². The predicted molar refractivity (Wildman–Crippen MR) is 119 cm³/mol. The maximum absolute atomic E-state index is 13.1. The zero-order valence-electron chi connectivity index (χ0n) is 16.4. The second-order valence-electron chi connectivity index (χ2n) is 7.29. The Kier molecular flexibility index (Phi) is 5.69. The lowest BCUT2D eigenvalue weighted by atomic mass is 10.1. The molecule has 2 aromatic carbocycles. The molecule has 0 radical (unpaired) electrons. The molecule has 3 aromatic rings. The zero-order chi connectivity index (χ0) is 20.4. The van der Waals surface area contributed by atoms with Crippen LogP contribution in [0.5, 0.6) is 5.88 Å². The number of rotatable bonds is 5. The second-order valence-corrected chi connectivity index (χ2v) is 7.70. The Balaban J connectivity index is 1.82. The molecule has 1 saturated heterocycles. The van der Waals surface area contributed by atoms with E-state index >= 15 is 0 Å². The maximum atomic E-state index is 13.1. The van der Waals surface area contributed by atoms with Gasteiger partial charge < -0.3 is 5.11 Å². The van der Waals surface area contributed by atoms with Crippen molar-refractivity contribution >= 4 is 28.6 Å². The van der Waals surface area contributed by atoms with Crippen LogP contribution < -0.4 is 5.56 Å². The number of likely N-dealkylation sites (N-methyl/N-ethyl adjacent to an activating group) is 1. The summed E-state index contributed by atoms with van der Waals surface area (Å²) in [6.45, 7) is 4.97. The highest BCUT2D eigenvalue weighted by Crippen LogP contribution is 2.29. The average molecular weight is 410 g/mol. The summed E-state index contributed by atoms with van der Waals surface area (Å²) >= 11 is 6.32. The van der Waals surface area contributed by atoms with Crippen molar-refractivity contribution in [1.29, 1.82) is 0 Å². The molecule has 1 aromatic heterocycles. The summed E-state index contributed by atoms with van der Waals surface area (Å²) in [4.78, 5) is 20.2. The van der Waals surface area contributed by atoms with Crippen molar-refractivity contribution in [3.05, 3.63) is 69.5 Å². The molecule has 0 saturated carbocycles. The number of pyridine rings is 1. The van der Waals surface area contributed by atoms with Crippen molar-refractivity contribution in [3.8, 4) is 11.6 Å². The summed E-state index contributed by atoms with van der Waals surface area (Å²) < 4.78 is 1.26.